The molecule has 2 heterocycles. The van der Waals surface area contributed by atoms with E-state index in [2.05, 4.69) is 26.1 Å². The number of rotatable bonds is 3. The van der Waals surface area contributed by atoms with Crippen molar-refractivity contribution >= 4 is 33.8 Å². The number of fused-ring (bicyclic) bond motifs is 2. The van der Waals surface area contributed by atoms with E-state index < -0.39 is 11.8 Å². The van der Waals surface area contributed by atoms with Crippen molar-refractivity contribution in [1.29, 1.82) is 0 Å². The highest BCUT2D eigenvalue weighted by atomic mass is 16.2. The molecule has 0 aliphatic heterocycles. The lowest BCUT2D eigenvalue weighted by atomic mass is 10.1. The van der Waals surface area contributed by atoms with Gasteiger partial charge in [-0.1, -0.05) is 23.4 Å². The average Bonchev–Trinajstić information content (AvgIpc) is 3.29. The van der Waals surface area contributed by atoms with E-state index in [0.717, 1.165) is 16.4 Å². The number of aromatic amines is 1. The fourth-order valence-corrected chi connectivity index (χ4v) is 2.86. The third-order valence-corrected chi connectivity index (χ3v) is 4.20. The molecule has 0 fully saturated rings. The van der Waals surface area contributed by atoms with E-state index in [0.29, 0.717) is 23.2 Å². The minimum Gasteiger partial charge on any atom is -0.360 e. The number of amides is 2. The minimum atomic E-state index is -0.425. The number of hydrogen-bond acceptors (Lipinski definition) is 4. The number of benzene rings is 2. The molecule has 0 spiro atoms. The predicted octanol–water partition coefficient (Wildman–Crippen LogP) is 2.01. The topological polar surface area (TPSA) is 105 Å². The second-order valence-corrected chi connectivity index (χ2v) is 5.76. The molecule has 0 atom stereocenters. The van der Waals surface area contributed by atoms with Crippen LogP contribution in [0.5, 0.6) is 0 Å². The minimum absolute atomic E-state index is 0.389. The Bertz CT molecular complexity index is 1130. The Hall–Kier alpha value is -3.68. The molecule has 2 aromatic heterocycles. The van der Waals surface area contributed by atoms with Crippen LogP contribution in [0.25, 0.3) is 21.9 Å². The summed E-state index contributed by atoms with van der Waals surface area (Å²) < 4.78 is 1.75. The highest BCUT2D eigenvalue weighted by Crippen LogP contribution is 2.17. The first-order valence-corrected chi connectivity index (χ1v) is 8.17. The van der Waals surface area contributed by atoms with Gasteiger partial charge in [-0.2, -0.15) is 0 Å². The van der Waals surface area contributed by atoms with Crippen LogP contribution in [0, 0.1) is 0 Å². The maximum atomic E-state index is 12.3. The third-order valence-electron chi connectivity index (χ3n) is 4.20. The summed E-state index contributed by atoms with van der Waals surface area (Å²) in [7, 11) is 0. The lowest BCUT2D eigenvalue weighted by molar-refractivity contribution is 0.0847. The largest absolute Gasteiger partial charge is 0.360 e. The molecule has 4 aromatic rings. The summed E-state index contributed by atoms with van der Waals surface area (Å²) in [5, 5.41) is 8.85. The summed E-state index contributed by atoms with van der Waals surface area (Å²) >= 11 is 0. The van der Waals surface area contributed by atoms with Gasteiger partial charge >= 0.3 is 0 Å². The molecule has 0 aliphatic rings. The van der Waals surface area contributed by atoms with Gasteiger partial charge in [0, 0.05) is 29.2 Å². The summed E-state index contributed by atoms with van der Waals surface area (Å²) in [5.41, 5.74) is 8.06. The van der Waals surface area contributed by atoms with Crippen LogP contribution in [0.2, 0.25) is 0 Å². The SMILES string of the molecule is CCn1nnc2cc(C(=O)NNC(=O)c3c[nH]c4ccccc34)ccc21. The number of carbonyl (C=O) groups is 2. The van der Waals surface area contributed by atoms with Gasteiger partial charge in [0.1, 0.15) is 5.52 Å². The highest BCUT2D eigenvalue weighted by molar-refractivity contribution is 6.07. The number of aryl methyl sites for hydroxylation is 1. The van der Waals surface area contributed by atoms with Crippen molar-refractivity contribution in [2.24, 2.45) is 0 Å². The summed E-state index contributed by atoms with van der Waals surface area (Å²) in [6.45, 7) is 2.66. The maximum Gasteiger partial charge on any atom is 0.271 e. The van der Waals surface area contributed by atoms with Gasteiger partial charge in [0.05, 0.1) is 11.1 Å². The molecule has 26 heavy (non-hydrogen) atoms. The van der Waals surface area contributed by atoms with Crippen molar-refractivity contribution in [3.05, 3.63) is 59.8 Å². The Kier molecular flexibility index (Phi) is 3.85. The van der Waals surface area contributed by atoms with Gasteiger partial charge in [-0.05, 0) is 31.2 Å². The number of nitrogens with zero attached hydrogens (tertiary/aromatic N) is 3. The summed E-state index contributed by atoms with van der Waals surface area (Å²) in [4.78, 5) is 27.7. The molecule has 8 heteroatoms. The van der Waals surface area contributed by atoms with Crippen molar-refractivity contribution in [2.45, 2.75) is 13.5 Å². The molecule has 0 bridgehead atoms. The molecule has 0 radical (unpaired) electrons. The average molecular weight is 348 g/mol. The van der Waals surface area contributed by atoms with E-state index in [9.17, 15) is 9.59 Å². The molecule has 2 aromatic carbocycles. The summed E-state index contributed by atoms with van der Waals surface area (Å²) in [5.74, 6) is -0.819. The van der Waals surface area contributed by atoms with Crippen LogP contribution in [0.4, 0.5) is 0 Å². The van der Waals surface area contributed by atoms with Gasteiger partial charge in [-0.25, -0.2) is 4.68 Å². The number of H-pyrrole nitrogens is 1. The number of hydrogen-bond donors (Lipinski definition) is 3. The van der Waals surface area contributed by atoms with E-state index in [1.807, 2.05) is 31.2 Å². The number of hydrazine groups is 1. The van der Waals surface area contributed by atoms with E-state index in [-0.39, 0.29) is 0 Å². The first-order chi connectivity index (χ1) is 12.7. The Morgan fingerprint density at radius 1 is 1.12 bits per heavy atom. The number of nitrogens with one attached hydrogen (secondary N) is 3. The fourth-order valence-electron chi connectivity index (χ4n) is 2.86. The van der Waals surface area contributed by atoms with Crippen LogP contribution in [0.1, 0.15) is 27.6 Å². The zero-order valence-corrected chi connectivity index (χ0v) is 14.0. The fraction of sp³-hybridized carbons (Fsp3) is 0.111. The molecule has 4 rings (SSSR count). The summed E-state index contributed by atoms with van der Waals surface area (Å²) in [6.07, 6.45) is 1.61. The van der Waals surface area contributed by atoms with Gasteiger partial charge in [-0.15, -0.1) is 5.10 Å². The Balaban J connectivity index is 1.49. The van der Waals surface area contributed by atoms with Crippen LogP contribution >= 0.6 is 0 Å². The van der Waals surface area contributed by atoms with E-state index >= 15 is 0 Å². The van der Waals surface area contributed by atoms with Crippen LogP contribution in [-0.4, -0.2) is 31.8 Å². The maximum absolute atomic E-state index is 12.3. The molecule has 2 amide bonds. The molecule has 8 nitrogen and oxygen atoms in total. The van der Waals surface area contributed by atoms with E-state index in [1.54, 1.807) is 29.1 Å². The normalized spacial score (nSPS) is 11.0. The predicted molar refractivity (Wildman–Crippen MR) is 96.4 cm³/mol. The number of carbonyl (C=O) groups excluding carboxylic acids is 2. The second-order valence-electron chi connectivity index (χ2n) is 5.76. The smallest absolute Gasteiger partial charge is 0.271 e. The van der Waals surface area contributed by atoms with Gasteiger partial charge < -0.3 is 4.98 Å². The van der Waals surface area contributed by atoms with Gasteiger partial charge in [0.2, 0.25) is 0 Å². The molecular formula is C18H16N6O2. The Labute approximate surface area is 148 Å². The second kappa shape index (κ2) is 6.32. The first kappa shape index (κ1) is 15.8. The van der Waals surface area contributed by atoms with Crippen molar-refractivity contribution in [2.75, 3.05) is 0 Å². The number of para-hydroxylation sites is 1. The zero-order chi connectivity index (χ0) is 18.1. The van der Waals surface area contributed by atoms with Gasteiger partial charge in [0.25, 0.3) is 11.8 Å². The van der Waals surface area contributed by atoms with Gasteiger partial charge in [0.15, 0.2) is 0 Å². The quantitative estimate of drug-likeness (QED) is 0.493. The van der Waals surface area contributed by atoms with Crippen molar-refractivity contribution < 1.29 is 9.59 Å². The van der Waals surface area contributed by atoms with E-state index in [1.165, 1.54) is 0 Å². The van der Waals surface area contributed by atoms with Crippen LogP contribution < -0.4 is 10.9 Å². The van der Waals surface area contributed by atoms with Crippen LogP contribution in [0.15, 0.2) is 48.7 Å². The lowest BCUT2D eigenvalue weighted by Crippen LogP contribution is -2.41. The standard InChI is InChI=1S/C18H16N6O2/c1-2-24-16-8-7-11(9-15(16)20-23-24)17(25)21-22-18(26)13-10-19-14-6-4-3-5-12(13)14/h3-10,19H,2H2,1H3,(H,21,25)(H,22,26). The van der Waals surface area contributed by atoms with Crippen molar-refractivity contribution in [1.82, 2.24) is 30.8 Å². The first-order valence-electron chi connectivity index (χ1n) is 8.17. The number of aromatic nitrogens is 4. The molecule has 3 N–H and O–H groups in total. The zero-order valence-electron chi connectivity index (χ0n) is 14.0. The monoisotopic (exact) mass is 348 g/mol. The Morgan fingerprint density at radius 2 is 1.92 bits per heavy atom. The summed E-state index contributed by atoms with van der Waals surface area (Å²) in [6, 6.07) is 12.6. The van der Waals surface area contributed by atoms with Crippen LogP contribution in [-0.2, 0) is 6.54 Å². The molecule has 0 saturated carbocycles. The van der Waals surface area contributed by atoms with E-state index in [4.69, 9.17) is 0 Å². The molecule has 0 unspecified atom stereocenters. The third kappa shape index (κ3) is 2.67. The highest BCUT2D eigenvalue weighted by Gasteiger charge is 2.14. The van der Waals surface area contributed by atoms with Gasteiger partial charge in [-0.3, -0.25) is 20.4 Å². The molecule has 0 aliphatic carbocycles. The van der Waals surface area contributed by atoms with Crippen molar-refractivity contribution in [3.8, 4) is 0 Å². The Morgan fingerprint density at radius 3 is 2.77 bits per heavy atom. The molecule has 0 saturated heterocycles. The lowest BCUT2D eigenvalue weighted by Gasteiger charge is -2.07. The molecular weight excluding hydrogens is 332 g/mol. The van der Waals surface area contributed by atoms with Crippen LogP contribution in [0.3, 0.4) is 0 Å². The van der Waals surface area contributed by atoms with Crippen molar-refractivity contribution in [3.63, 3.8) is 0 Å². The molecule has 130 valence electrons.